The van der Waals surface area contributed by atoms with Gasteiger partial charge in [-0.15, -0.1) is 0 Å². The highest BCUT2D eigenvalue weighted by atomic mass is 16.5. The van der Waals surface area contributed by atoms with Crippen LogP contribution < -0.4 is 10.1 Å². The van der Waals surface area contributed by atoms with Crippen LogP contribution in [0, 0.1) is 19.3 Å². The van der Waals surface area contributed by atoms with E-state index in [2.05, 4.69) is 31.2 Å². The molecule has 102 valence electrons. The van der Waals surface area contributed by atoms with E-state index >= 15 is 0 Å². The van der Waals surface area contributed by atoms with Crippen LogP contribution in [0.2, 0.25) is 0 Å². The Morgan fingerprint density at radius 2 is 2.17 bits per heavy atom. The molecular formula is C14H25N3O. The van der Waals surface area contributed by atoms with E-state index in [1.54, 1.807) is 0 Å². The highest BCUT2D eigenvalue weighted by Crippen LogP contribution is 2.46. The molecule has 1 N–H and O–H groups in total. The molecule has 0 saturated heterocycles. The Balaban J connectivity index is 2.16. The SMILES string of the molecule is CCC1(C)C(NC)CC1Oc1c(C)nn(C)c1C. The second kappa shape index (κ2) is 4.57. The Morgan fingerprint density at radius 3 is 2.61 bits per heavy atom. The van der Waals surface area contributed by atoms with Crippen molar-refractivity contribution in [2.75, 3.05) is 7.05 Å². The molecule has 2 rings (SSSR count). The maximum absolute atomic E-state index is 6.25. The van der Waals surface area contributed by atoms with E-state index in [9.17, 15) is 0 Å². The summed E-state index contributed by atoms with van der Waals surface area (Å²) < 4.78 is 8.14. The zero-order valence-corrected chi connectivity index (χ0v) is 12.4. The Labute approximate surface area is 110 Å². The average molecular weight is 251 g/mol. The maximum atomic E-state index is 6.25. The van der Waals surface area contributed by atoms with Gasteiger partial charge in [-0.25, -0.2) is 0 Å². The fraction of sp³-hybridized carbons (Fsp3) is 0.786. The van der Waals surface area contributed by atoms with Crippen LogP contribution in [-0.2, 0) is 7.05 Å². The molecule has 3 unspecified atom stereocenters. The van der Waals surface area contributed by atoms with Crippen LogP contribution in [0.5, 0.6) is 5.75 Å². The van der Waals surface area contributed by atoms with Crippen LogP contribution in [0.1, 0.15) is 38.1 Å². The molecule has 1 saturated carbocycles. The van der Waals surface area contributed by atoms with Crippen molar-refractivity contribution in [3.05, 3.63) is 11.4 Å². The van der Waals surface area contributed by atoms with Gasteiger partial charge in [0.2, 0.25) is 0 Å². The lowest BCUT2D eigenvalue weighted by Crippen LogP contribution is -2.62. The molecule has 1 aliphatic carbocycles. The minimum atomic E-state index is 0.226. The van der Waals surface area contributed by atoms with E-state index < -0.39 is 0 Å². The van der Waals surface area contributed by atoms with Crippen molar-refractivity contribution in [1.29, 1.82) is 0 Å². The smallest absolute Gasteiger partial charge is 0.163 e. The largest absolute Gasteiger partial charge is 0.486 e. The molecule has 0 aliphatic heterocycles. The molecule has 4 heteroatoms. The standard InChI is InChI=1S/C14H25N3O/c1-7-14(4)11(15-5)8-12(14)18-13-9(2)16-17(6)10(13)3/h11-12,15H,7-8H2,1-6H3. The van der Waals surface area contributed by atoms with E-state index in [4.69, 9.17) is 4.74 Å². The molecule has 3 atom stereocenters. The van der Waals surface area contributed by atoms with Gasteiger partial charge in [0.1, 0.15) is 11.8 Å². The quantitative estimate of drug-likeness (QED) is 0.891. The molecule has 0 aromatic carbocycles. The third kappa shape index (κ3) is 1.83. The number of nitrogens with zero attached hydrogens (tertiary/aromatic N) is 2. The summed E-state index contributed by atoms with van der Waals surface area (Å²) >= 11 is 0. The van der Waals surface area contributed by atoms with Crippen LogP contribution in [0.4, 0.5) is 0 Å². The van der Waals surface area contributed by atoms with Crippen molar-refractivity contribution >= 4 is 0 Å². The number of nitrogens with one attached hydrogen (secondary N) is 1. The number of hydrogen-bond donors (Lipinski definition) is 1. The molecule has 0 radical (unpaired) electrons. The van der Waals surface area contributed by atoms with Gasteiger partial charge in [0.15, 0.2) is 5.75 Å². The first-order valence-electron chi connectivity index (χ1n) is 6.78. The van der Waals surface area contributed by atoms with E-state index in [1.165, 1.54) is 0 Å². The summed E-state index contributed by atoms with van der Waals surface area (Å²) in [6.45, 7) is 8.62. The normalized spacial score (nSPS) is 31.2. The second-order valence-corrected chi connectivity index (χ2v) is 5.67. The van der Waals surface area contributed by atoms with Crippen LogP contribution in [0.15, 0.2) is 0 Å². The highest BCUT2D eigenvalue weighted by Gasteiger charge is 2.51. The van der Waals surface area contributed by atoms with Crippen LogP contribution in [0.25, 0.3) is 0 Å². The van der Waals surface area contributed by atoms with Gasteiger partial charge in [0.25, 0.3) is 0 Å². The first kappa shape index (κ1) is 13.4. The molecule has 1 aromatic rings. The number of aromatic nitrogens is 2. The minimum Gasteiger partial charge on any atom is -0.486 e. The molecule has 18 heavy (non-hydrogen) atoms. The van der Waals surface area contributed by atoms with Gasteiger partial charge in [-0.05, 0) is 27.3 Å². The zero-order valence-electron chi connectivity index (χ0n) is 12.4. The molecule has 1 fully saturated rings. The van der Waals surface area contributed by atoms with Crippen molar-refractivity contribution in [1.82, 2.24) is 15.1 Å². The molecule has 1 aliphatic rings. The lowest BCUT2D eigenvalue weighted by Gasteiger charge is -2.53. The van der Waals surface area contributed by atoms with Crippen LogP contribution in [-0.4, -0.2) is 29.0 Å². The van der Waals surface area contributed by atoms with Gasteiger partial charge in [-0.2, -0.15) is 5.10 Å². The van der Waals surface area contributed by atoms with E-state index in [0.29, 0.717) is 12.1 Å². The predicted molar refractivity (Wildman–Crippen MR) is 73.0 cm³/mol. The van der Waals surface area contributed by atoms with Gasteiger partial charge in [-0.3, -0.25) is 4.68 Å². The molecule has 0 amide bonds. The Hall–Kier alpha value is -1.03. The summed E-state index contributed by atoms with van der Waals surface area (Å²) in [6, 6.07) is 0.560. The van der Waals surface area contributed by atoms with Gasteiger partial charge < -0.3 is 10.1 Å². The van der Waals surface area contributed by atoms with Crippen LogP contribution >= 0.6 is 0 Å². The van der Waals surface area contributed by atoms with Gasteiger partial charge in [-0.1, -0.05) is 13.8 Å². The van der Waals surface area contributed by atoms with Crippen molar-refractivity contribution in [3.8, 4) is 5.75 Å². The second-order valence-electron chi connectivity index (χ2n) is 5.67. The average Bonchev–Trinajstić information content (AvgIpc) is 2.58. The summed E-state index contributed by atoms with van der Waals surface area (Å²) in [4.78, 5) is 0. The number of hydrogen-bond acceptors (Lipinski definition) is 3. The summed E-state index contributed by atoms with van der Waals surface area (Å²) in [5.41, 5.74) is 2.32. The fourth-order valence-corrected chi connectivity index (χ4v) is 2.99. The molecule has 0 bridgehead atoms. The van der Waals surface area contributed by atoms with Gasteiger partial charge in [0, 0.05) is 24.9 Å². The van der Waals surface area contributed by atoms with E-state index in [1.807, 2.05) is 25.7 Å². The first-order valence-corrected chi connectivity index (χ1v) is 6.78. The summed E-state index contributed by atoms with van der Waals surface area (Å²) in [5.74, 6) is 0.969. The monoisotopic (exact) mass is 251 g/mol. The molecule has 1 heterocycles. The summed E-state index contributed by atoms with van der Waals surface area (Å²) in [5, 5.41) is 7.80. The van der Waals surface area contributed by atoms with E-state index in [0.717, 1.165) is 30.0 Å². The van der Waals surface area contributed by atoms with Crippen molar-refractivity contribution in [3.63, 3.8) is 0 Å². The third-order valence-electron chi connectivity index (χ3n) is 4.79. The Morgan fingerprint density at radius 1 is 1.50 bits per heavy atom. The first-order chi connectivity index (χ1) is 8.43. The summed E-state index contributed by atoms with van der Waals surface area (Å²) in [7, 11) is 4.00. The van der Waals surface area contributed by atoms with Crippen molar-refractivity contribution in [2.24, 2.45) is 12.5 Å². The molecule has 0 spiro atoms. The van der Waals surface area contributed by atoms with Crippen molar-refractivity contribution in [2.45, 2.75) is 52.7 Å². The zero-order chi connectivity index (χ0) is 13.5. The minimum absolute atomic E-state index is 0.226. The Bertz CT molecular complexity index is 440. The maximum Gasteiger partial charge on any atom is 0.163 e. The molecule has 4 nitrogen and oxygen atoms in total. The topological polar surface area (TPSA) is 39.1 Å². The van der Waals surface area contributed by atoms with Crippen LogP contribution in [0.3, 0.4) is 0 Å². The number of rotatable bonds is 4. The number of aryl methyl sites for hydroxylation is 2. The third-order valence-corrected chi connectivity index (χ3v) is 4.79. The lowest BCUT2D eigenvalue weighted by molar-refractivity contribution is -0.0683. The summed E-state index contributed by atoms with van der Waals surface area (Å²) in [6.07, 6.45) is 2.50. The number of ether oxygens (including phenoxy) is 1. The predicted octanol–water partition coefficient (Wildman–Crippen LogP) is 2.19. The van der Waals surface area contributed by atoms with Gasteiger partial charge >= 0.3 is 0 Å². The molecular weight excluding hydrogens is 226 g/mol. The Kier molecular flexibility index (Phi) is 3.41. The van der Waals surface area contributed by atoms with E-state index in [-0.39, 0.29) is 5.41 Å². The van der Waals surface area contributed by atoms with Crippen molar-refractivity contribution < 1.29 is 4.74 Å². The van der Waals surface area contributed by atoms with Gasteiger partial charge in [0.05, 0.1) is 5.69 Å². The lowest BCUT2D eigenvalue weighted by atomic mass is 9.61. The highest BCUT2D eigenvalue weighted by molar-refractivity contribution is 5.32. The fourth-order valence-electron chi connectivity index (χ4n) is 2.99. The molecule has 1 aromatic heterocycles.